The molecule has 1 heterocycles. The molecule has 0 spiro atoms. The fraction of sp³-hybridized carbons (Fsp3) is 0.417. The van der Waals surface area contributed by atoms with Crippen LogP contribution in [0.1, 0.15) is 23.6 Å². The van der Waals surface area contributed by atoms with E-state index >= 15 is 0 Å². The lowest BCUT2D eigenvalue weighted by molar-refractivity contribution is -0.122. The molecule has 3 rings (SSSR count). The van der Waals surface area contributed by atoms with Crippen molar-refractivity contribution < 1.29 is 14.0 Å². The van der Waals surface area contributed by atoms with Gasteiger partial charge in [0, 0.05) is 37.6 Å². The monoisotopic (exact) mass is 426 g/mol. The number of nitrogens with one attached hydrogen (secondary N) is 2. The van der Waals surface area contributed by atoms with E-state index in [9.17, 15) is 14.0 Å². The van der Waals surface area contributed by atoms with E-state index < -0.39 is 0 Å². The SMILES string of the molecule is Cc1cc(C)c(NC(=O)[C@@H](C)N2CCN(CC(=O)Nc3cccc(F)c3)CC2)c(C)c1. The molecule has 0 unspecified atom stereocenters. The smallest absolute Gasteiger partial charge is 0.241 e. The number of carbonyl (C=O) groups is 2. The first-order valence-corrected chi connectivity index (χ1v) is 10.6. The number of piperazine rings is 1. The van der Waals surface area contributed by atoms with Gasteiger partial charge in [0.2, 0.25) is 11.8 Å². The Morgan fingerprint density at radius 2 is 1.65 bits per heavy atom. The summed E-state index contributed by atoms with van der Waals surface area (Å²) in [4.78, 5) is 29.3. The zero-order chi connectivity index (χ0) is 22.5. The maximum atomic E-state index is 13.3. The maximum Gasteiger partial charge on any atom is 0.241 e. The number of hydrogen-bond donors (Lipinski definition) is 2. The van der Waals surface area contributed by atoms with Crippen LogP contribution in [-0.2, 0) is 9.59 Å². The number of hydrogen-bond acceptors (Lipinski definition) is 4. The van der Waals surface area contributed by atoms with Crippen molar-refractivity contribution in [2.24, 2.45) is 0 Å². The summed E-state index contributed by atoms with van der Waals surface area (Å²) >= 11 is 0. The summed E-state index contributed by atoms with van der Waals surface area (Å²) in [6, 6.07) is 9.75. The topological polar surface area (TPSA) is 64.7 Å². The Kier molecular flexibility index (Phi) is 7.41. The molecule has 1 fully saturated rings. The minimum Gasteiger partial charge on any atom is -0.325 e. The number of halogens is 1. The van der Waals surface area contributed by atoms with Gasteiger partial charge in [0.25, 0.3) is 0 Å². The number of carbonyl (C=O) groups excluding carboxylic acids is 2. The van der Waals surface area contributed by atoms with Gasteiger partial charge in [-0.3, -0.25) is 19.4 Å². The van der Waals surface area contributed by atoms with Gasteiger partial charge in [-0.2, -0.15) is 0 Å². The number of anilines is 2. The second kappa shape index (κ2) is 10.0. The van der Waals surface area contributed by atoms with Crippen molar-refractivity contribution in [2.45, 2.75) is 33.7 Å². The third-order valence-electron chi connectivity index (χ3n) is 5.73. The average molecular weight is 427 g/mol. The molecule has 2 N–H and O–H groups in total. The van der Waals surface area contributed by atoms with E-state index in [1.165, 1.54) is 17.7 Å². The molecule has 31 heavy (non-hydrogen) atoms. The molecule has 7 heteroatoms. The first kappa shape index (κ1) is 22.9. The summed E-state index contributed by atoms with van der Waals surface area (Å²) in [5.41, 5.74) is 4.64. The van der Waals surface area contributed by atoms with Crippen LogP contribution in [0.5, 0.6) is 0 Å². The molecule has 2 aromatic rings. The highest BCUT2D eigenvalue weighted by molar-refractivity contribution is 5.96. The van der Waals surface area contributed by atoms with Gasteiger partial charge >= 0.3 is 0 Å². The van der Waals surface area contributed by atoms with Gasteiger partial charge in [0.15, 0.2) is 0 Å². The minimum atomic E-state index is -0.380. The molecule has 1 atom stereocenters. The third-order valence-corrected chi connectivity index (χ3v) is 5.73. The number of rotatable bonds is 6. The summed E-state index contributed by atoms with van der Waals surface area (Å²) in [5.74, 6) is -0.572. The van der Waals surface area contributed by atoms with E-state index in [1.807, 2.05) is 32.6 Å². The Bertz CT molecular complexity index is 931. The van der Waals surface area contributed by atoms with Crippen LogP contribution in [0.2, 0.25) is 0 Å². The van der Waals surface area contributed by atoms with Crippen molar-refractivity contribution in [3.05, 3.63) is 58.9 Å². The highest BCUT2D eigenvalue weighted by atomic mass is 19.1. The van der Waals surface area contributed by atoms with Gasteiger partial charge < -0.3 is 10.6 Å². The van der Waals surface area contributed by atoms with E-state index in [1.54, 1.807) is 12.1 Å². The van der Waals surface area contributed by atoms with Crippen LogP contribution in [0.15, 0.2) is 36.4 Å². The molecular formula is C24H31FN4O2. The molecule has 0 aliphatic carbocycles. The van der Waals surface area contributed by atoms with E-state index in [2.05, 4.69) is 27.7 Å². The maximum absolute atomic E-state index is 13.3. The summed E-state index contributed by atoms with van der Waals surface area (Å²) in [5, 5.41) is 5.81. The molecule has 0 radical (unpaired) electrons. The molecule has 166 valence electrons. The minimum absolute atomic E-state index is 0.0210. The molecule has 0 saturated carbocycles. The fourth-order valence-corrected chi connectivity index (χ4v) is 4.05. The Morgan fingerprint density at radius 3 is 2.26 bits per heavy atom. The van der Waals surface area contributed by atoms with Crippen molar-refractivity contribution >= 4 is 23.2 Å². The first-order valence-electron chi connectivity index (χ1n) is 10.6. The van der Waals surface area contributed by atoms with Gasteiger partial charge in [-0.25, -0.2) is 4.39 Å². The average Bonchev–Trinajstić information content (AvgIpc) is 2.70. The zero-order valence-electron chi connectivity index (χ0n) is 18.7. The molecular weight excluding hydrogens is 395 g/mol. The van der Waals surface area contributed by atoms with Gasteiger partial charge in [0.05, 0.1) is 12.6 Å². The van der Waals surface area contributed by atoms with Crippen molar-refractivity contribution in [1.29, 1.82) is 0 Å². The predicted molar refractivity (Wildman–Crippen MR) is 122 cm³/mol. The second-order valence-corrected chi connectivity index (χ2v) is 8.31. The quantitative estimate of drug-likeness (QED) is 0.744. The van der Waals surface area contributed by atoms with E-state index in [4.69, 9.17) is 0 Å². The number of nitrogens with zero attached hydrogens (tertiary/aromatic N) is 2. The van der Waals surface area contributed by atoms with Crippen molar-refractivity contribution in [2.75, 3.05) is 43.4 Å². The molecule has 2 aromatic carbocycles. The Labute approximate surface area is 183 Å². The molecule has 0 bridgehead atoms. The van der Waals surface area contributed by atoms with Gasteiger partial charge in [-0.05, 0) is 57.0 Å². The summed E-state index contributed by atoms with van der Waals surface area (Å²) in [6.07, 6.45) is 0. The van der Waals surface area contributed by atoms with Crippen LogP contribution in [0.3, 0.4) is 0 Å². The first-order chi connectivity index (χ1) is 14.7. The Morgan fingerprint density at radius 1 is 1.00 bits per heavy atom. The number of benzene rings is 2. The molecule has 1 aliphatic rings. The molecule has 1 aliphatic heterocycles. The van der Waals surface area contributed by atoms with Gasteiger partial charge in [-0.15, -0.1) is 0 Å². The Hall–Kier alpha value is -2.77. The highest BCUT2D eigenvalue weighted by Gasteiger charge is 2.27. The molecule has 2 amide bonds. The van der Waals surface area contributed by atoms with Crippen LogP contribution in [0.25, 0.3) is 0 Å². The molecule has 1 saturated heterocycles. The Balaban J connectivity index is 1.48. The van der Waals surface area contributed by atoms with Crippen LogP contribution in [0, 0.1) is 26.6 Å². The standard InChI is InChI=1S/C24H31FN4O2/c1-16-12-17(2)23(18(3)13-16)27-24(31)19(4)29-10-8-28(9-11-29)15-22(30)26-21-7-5-6-20(25)14-21/h5-7,12-14,19H,8-11,15H2,1-4H3,(H,26,30)(H,27,31)/t19-/m1/s1. The van der Waals surface area contributed by atoms with Crippen molar-refractivity contribution in [3.8, 4) is 0 Å². The van der Waals surface area contributed by atoms with Gasteiger partial charge in [-0.1, -0.05) is 23.8 Å². The van der Waals surface area contributed by atoms with E-state index in [-0.39, 0.29) is 30.2 Å². The van der Waals surface area contributed by atoms with Crippen LogP contribution in [0.4, 0.5) is 15.8 Å². The highest BCUT2D eigenvalue weighted by Crippen LogP contribution is 2.22. The summed E-state index contributed by atoms with van der Waals surface area (Å²) < 4.78 is 13.3. The predicted octanol–water partition coefficient (Wildman–Crippen LogP) is 3.33. The van der Waals surface area contributed by atoms with Crippen LogP contribution < -0.4 is 10.6 Å². The fourth-order valence-electron chi connectivity index (χ4n) is 4.05. The number of aryl methyl sites for hydroxylation is 3. The van der Waals surface area contributed by atoms with Crippen molar-refractivity contribution in [1.82, 2.24) is 9.80 Å². The molecule has 0 aromatic heterocycles. The summed E-state index contributed by atoms with van der Waals surface area (Å²) in [7, 11) is 0. The lowest BCUT2D eigenvalue weighted by Gasteiger charge is -2.37. The lowest BCUT2D eigenvalue weighted by atomic mass is 10.0. The van der Waals surface area contributed by atoms with E-state index in [0.717, 1.165) is 16.8 Å². The van der Waals surface area contributed by atoms with Gasteiger partial charge in [0.1, 0.15) is 5.82 Å². The molecule has 6 nitrogen and oxygen atoms in total. The lowest BCUT2D eigenvalue weighted by Crippen LogP contribution is -2.53. The van der Waals surface area contributed by atoms with Crippen molar-refractivity contribution in [3.63, 3.8) is 0 Å². The van der Waals surface area contributed by atoms with Crippen LogP contribution in [-0.4, -0.2) is 60.4 Å². The number of amides is 2. The second-order valence-electron chi connectivity index (χ2n) is 8.31. The van der Waals surface area contributed by atoms with E-state index in [0.29, 0.717) is 31.9 Å². The summed E-state index contributed by atoms with van der Waals surface area (Å²) in [6.45, 7) is 11.0. The third kappa shape index (κ3) is 6.12. The zero-order valence-corrected chi connectivity index (χ0v) is 18.7. The van der Waals surface area contributed by atoms with Crippen LogP contribution >= 0.6 is 0 Å². The normalized spacial score (nSPS) is 16.0. The largest absolute Gasteiger partial charge is 0.325 e.